The highest BCUT2D eigenvalue weighted by atomic mass is 16.1. The average Bonchev–Trinajstić information content (AvgIpc) is 2.63. The maximum atomic E-state index is 12.1. The zero-order valence-corrected chi connectivity index (χ0v) is 12.7. The number of carbonyl (C=O) groups is 1. The van der Waals surface area contributed by atoms with Gasteiger partial charge in [-0.1, -0.05) is 51.2 Å². The lowest BCUT2D eigenvalue weighted by Crippen LogP contribution is -2.25. The molecule has 0 atom stereocenters. The molecule has 0 amide bonds. The standard InChI is InChI=1S/C18H27NO/c1-2-3-4-5-6-9-14-19-15-10-13-18(20)16-11-7-8-12-17(16)19/h7-8,11-12H,2-6,9-10,13-15H2,1H3. The van der Waals surface area contributed by atoms with Gasteiger partial charge in [-0.05, 0) is 25.0 Å². The third-order valence-electron chi connectivity index (χ3n) is 4.16. The molecule has 0 spiro atoms. The highest BCUT2D eigenvalue weighted by Crippen LogP contribution is 2.26. The summed E-state index contributed by atoms with van der Waals surface area (Å²) in [6.07, 6.45) is 9.63. The van der Waals surface area contributed by atoms with Gasteiger partial charge in [-0.2, -0.15) is 0 Å². The fourth-order valence-electron chi connectivity index (χ4n) is 2.99. The first-order chi connectivity index (χ1) is 9.83. The van der Waals surface area contributed by atoms with Gasteiger partial charge in [0.05, 0.1) is 0 Å². The topological polar surface area (TPSA) is 20.3 Å². The van der Waals surface area contributed by atoms with E-state index in [0.29, 0.717) is 12.2 Å². The number of para-hydroxylation sites is 1. The van der Waals surface area contributed by atoms with E-state index in [0.717, 1.165) is 30.8 Å². The third kappa shape index (κ3) is 4.09. The van der Waals surface area contributed by atoms with Crippen molar-refractivity contribution in [1.29, 1.82) is 0 Å². The second kappa shape index (κ2) is 8.08. The maximum Gasteiger partial charge on any atom is 0.165 e. The highest BCUT2D eigenvalue weighted by molar-refractivity contribution is 6.01. The largest absolute Gasteiger partial charge is 0.371 e. The molecule has 1 aromatic carbocycles. The molecular weight excluding hydrogens is 246 g/mol. The maximum absolute atomic E-state index is 12.1. The number of anilines is 1. The molecule has 0 aromatic heterocycles. The first kappa shape index (κ1) is 15.1. The molecule has 0 saturated heterocycles. The Morgan fingerprint density at radius 3 is 2.65 bits per heavy atom. The van der Waals surface area contributed by atoms with Crippen LogP contribution in [-0.2, 0) is 0 Å². The first-order valence-electron chi connectivity index (χ1n) is 8.20. The van der Waals surface area contributed by atoms with Crippen LogP contribution in [0.15, 0.2) is 24.3 Å². The number of hydrogen-bond acceptors (Lipinski definition) is 2. The number of rotatable bonds is 7. The van der Waals surface area contributed by atoms with Gasteiger partial charge < -0.3 is 4.90 Å². The summed E-state index contributed by atoms with van der Waals surface area (Å²) in [5.74, 6) is 0.311. The lowest BCUT2D eigenvalue weighted by molar-refractivity contribution is 0.0984. The summed E-state index contributed by atoms with van der Waals surface area (Å²) in [6.45, 7) is 4.37. The molecule has 1 aromatic rings. The van der Waals surface area contributed by atoms with E-state index >= 15 is 0 Å². The number of carbonyl (C=O) groups excluding carboxylic acids is 1. The lowest BCUT2D eigenvalue weighted by Gasteiger charge is -2.24. The van der Waals surface area contributed by atoms with Crippen molar-refractivity contribution in [3.63, 3.8) is 0 Å². The fraction of sp³-hybridized carbons (Fsp3) is 0.611. The molecule has 1 aliphatic heterocycles. The van der Waals surface area contributed by atoms with E-state index in [9.17, 15) is 4.79 Å². The van der Waals surface area contributed by atoms with E-state index in [2.05, 4.69) is 17.9 Å². The quantitative estimate of drug-likeness (QED) is 0.663. The minimum atomic E-state index is 0.311. The molecule has 0 radical (unpaired) electrons. The molecule has 0 fully saturated rings. The summed E-state index contributed by atoms with van der Waals surface area (Å²) in [6, 6.07) is 8.11. The molecule has 110 valence electrons. The van der Waals surface area contributed by atoms with Gasteiger partial charge in [0, 0.05) is 30.8 Å². The summed E-state index contributed by atoms with van der Waals surface area (Å²) >= 11 is 0. The predicted octanol–water partition coefficient (Wildman–Crippen LogP) is 4.83. The Morgan fingerprint density at radius 2 is 1.80 bits per heavy atom. The normalized spacial score (nSPS) is 15.1. The third-order valence-corrected chi connectivity index (χ3v) is 4.16. The summed E-state index contributed by atoms with van der Waals surface area (Å²) in [4.78, 5) is 14.5. The Balaban J connectivity index is 1.88. The molecule has 2 nitrogen and oxygen atoms in total. The van der Waals surface area contributed by atoms with E-state index in [1.165, 1.54) is 38.5 Å². The molecule has 0 bridgehead atoms. The van der Waals surface area contributed by atoms with Crippen molar-refractivity contribution in [2.45, 2.75) is 58.3 Å². The Kier molecular flexibility index (Phi) is 6.10. The van der Waals surface area contributed by atoms with E-state index < -0.39 is 0 Å². The monoisotopic (exact) mass is 273 g/mol. The van der Waals surface area contributed by atoms with Crippen molar-refractivity contribution in [2.24, 2.45) is 0 Å². The number of ketones is 1. The number of unbranched alkanes of at least 4 members (excludes halogenated alkanes) is 5. The van der Waals surface area contributed by atoms with Crippen LogP contribution in [0.1, 0.15) is 68.6 Å². The van der Waals surface area contributed by atoms with Crippen LogP contribution in [0, 0.1) is 0 Å². The van der Waals surface area contributed by atoms with Crippen molar-refractivity contribution in [3.8, 4) is 0 Å². The molecule has 2 heteroatoms. The van der Waals surface area contributed by atoms with Crippen molar-refractivity contribution in [1.82, 2.24) is 0 Å². The van der Waals surface area contributed by atoms with Gasteiger partial charge in [-0.25, -0.2) is 0 Å². The molecule has 0 aliphatic carbocycles. The van der Waals surface area contributed by atoms with E-state index in [-0.39, 0.29) is 0 Å². The van der Waals surface area contributed by atoms with Crippen LogP contribution in [-0.4, -0.2) is 18.9 Å². The molecule has 0 unspecified atom stereocenters. The molecule has 1 aliphatic rings. The van der Waals surface area contributed by atoms with Gasteiger partial charge in [0.25, 0.3) is 0 Å². The van der Waals surface area contributed by atoms with E-state index in [1.807, 2.05) is 18.2 Å². The number of fused-ring (bicyclic) bond motifs is 1. The zero-order valence-electron chi connectivity index (χ0n) is 12.7. The molecule has 1 heterocycles. The Morgan fingerprint density at radius 1 is 1.05 bits per heavy atom. The summed E-state index contributed by atoms with van der Waals surface area (Å²) in [5, 5.41) is 0. The predicted molar refractivity (Wildman–Crippen MR) is 85.6 cm³/mol. The van der Waals surface area contributed by atoms with Crippen LogP contribution in [0.4, 0.5) is 5.69 Å². The van der Waals surface area contributed by atoms with Gasteiger partial charge in [0.2, 0.25) is 0 Å². The van der Waals surface area contributed by atoms with Crippen molar-refractivity contribution in [3.05, 3.63) is 29.8 Å². The SMILES string of the molecule is CCCCCCCCN1CCCC(=O)c2ccccc21. The van der Waals surface area contributed by atoms with E-state index in [1.54, 1.807) is 0 Å². The minimum absolute atomic E-state index is 0.311. The number of hydrogen-bond donors (Lipinski definition) is 0. The number of Topliss-reactive ketones (excluding diaryl/α,β-unsaturated/α-hetero) is 1. The highest BCUT2D eigenvalue weighted by Gasteiger charge is 2.19. The van der Waals surface area contributed by atoms with Crippen molar-refractivity contribution in [2.75, 3.05) is 18.0 Å². The van der Waals surface area contributed by atoms with Crippen LogP contribution in [0.5, 0.6) is 0 Å². The lowest BCUT2D eigenvalue weighted by atomic mass is 10.1. The van der Waals surface area contributed by atoms with Gasteiger partial charge in [-0.3, -0.25) is 4.79 Å². The number of benzene rings is 1. The number of nitrogens with zero attached hydrogens (tertiary/aromatic N) is 1. The Hall–Kier alpha value is -1.31. The molecular formula is C18H27NO. The van der Waals surface area contributed by atoms with Crippen LogP contribution >= 0.6 is 0 Å². The van der Waals surface area contributed by atoms with Gasteiger partial charge in [0.15, 0.2) is 5.78 Å². The average molecular weight is 273 g/mol. The summed E-state index contributed by atoms with van der Waals surface area (Å²) in [5.41, 5.74) is 2.08. The van der Waals surface area contributed by atoms with Crippen LogP contribution in [0.2, 0.25) is 0 Å². The fourth-order valence-corrected chi connectivity index (χ4v) is 2.99. The van der Waals surface area contributed by atoms with Crippen molar-refractivity contribution >= 4 is 11.5 Å². The van der Waals surface area contributed by atoms with E-state index in [4.69, 9.17) is 0 Å². The summed E-state index contributed by atoms with van der Waals surface area (Å²) < 4.78 is 0. The Bertz CT molecular complexity index is 427. The van der Waals surface area contributed by atoms with Crippen LogP contribution in [0.25, 0.3) is 0 Å². The second-order valence-electron chi connectivity index (χ2n) is 5.80. The van der Waals surface area contributed by atoms with Crippen LogP contribution < -0.4 is 4.90 Å². The molecule has 20 heavy (non-hydrogen) atoms. The van der Waals surface area contributed by atoms with Gasteiger partial charge in [0.1, 0.15) is 0 Å². The molecule has 0 saturated carbocycles. The molecule has 0 N–H and O–H groups in total. The van der Waals surface area contributed by atoms with Gasteiger partial charge in [-0.15, -0.1) is 0 Å². The smallest absolute Gasteiger partial charge is 0.165 e. The second-order valence-corrected chi connectivity index (χ2v) is 5.80. The molecule has 2 rings (SSSR count). The van der Waals surface area contributed by atoms with Crippen LogP contribution in [0.3, 0.4) is 0 Å². The van der Waals surface area contributed by atoms with Crippen molar-refractivity contribution < 1.29 is 4.79 Å². The summed E-state index contributed by atoms with van der Waals surface area (Å²) in [7, 11) is 0. The Labute approximate surface area is 123 Å². The zero-order chi connectivity index (χ0) is 14.2. The minimum Gasteiger partial charge on any atom is -0.371 e. The first-order valence-corrected chi connectivity index (χ1v) is 8.20. The van der Waals surface area contributed by atoms with Gasteiger partial charge >= 0.3 is 0 Å².